The zero-order valence-corrected chi connectivity index (χ0v) is 15.5. The minimum absolute atomic E-state index is 0.209. The van der Waals surface area contributed by atoms with Crippen molar-refractivity contribution in [3.8, 4) is 5.75 Å². The summed E-state index contributed by atoms with van der Waals surface area (Å²) in [5, 5.41) is 0. The van der Waals surface area contributed by atoms with E-state index in [4.69, 9.17) is 4.74 Å². The number of sulfonamides is 1. The summed E-state index contributed by atoms with van der Waals surface area (Å²) < 4.78 is 36.3. The van der Waals surface area contributed by atoms with Gasteiger partial charge in [-0.1, -0.05) is 15.9 Å². The van der Waals surface area contributed by atoms with Crippen LogP contribution >= 0.6 is 15.9 Å². The van der Waals surface area contributed by atoms with Gasteiger partial charge in [0.05, 0.1) is 12.6 Å². The molecule has 0 saturated carbocycles. The third-order valence-corrected chi connectivity index (χ3v) is 6.56. The van der Waals surface area contributed by atoms with E-state index < -0.39 is 10.0 Å². The van der Waals surface area contributed by atoms with E-state index in [1.165, 1.54) is 0 Å². The van der Waals surface area contributed by atoms with Crippen LogP contribution in [0.25, 0.3) is 0 Å². The largest absolute Gasteiger partial charge is 0.492 e. The summed E-state index contributed by atoms with van der Waals surface area (Å²) in [7, 11) is -3.64. The van der Waals surface area contributed by atoms with Gasteiger partial charge in [-0.2, -0.15) is 4.31 Å². The van der Waals surface area contributed by atoms with Gasteiger partial charge in [0.1, 0.15) is 10.6 Å². The molecule has 0 amide bonds. The molecule has 0 aliphatic carbocycles. The second kappa shape index (κ2) is 6.30. The second-order valence-electron chi connectivity index (χ2n) is 5.44. The monoisotopic (exact) mass is 398 g/mol. The Labute approximate surface area is 145 Å². The van der Waals surface area contributed by atoms with Gasteiger partial charge in [0, 0.05) is 29.5 Å². The summed E-state index contributed by atoms with van der Waals surface area (Å²) in [6.07, 6.45) is 1.99. The number of aromatic nitrogens is 1. The fourth-order valence-electron chi connectivity index (χ4n) is 2.97. The van der Waals surface area contributed by atoms with E-state index in [1.807, 2.05) is 32.2 Å². The molecule has 3 rings (SSSR count). The molecule has 23 heavy (non-hydrogen) atoms. The summed E-state index contributed by atoms with van der Waals surface area (Å²) in [6.45, 7) is 5.28. The molecule has 124 valence electrons. The first-order valence-electron chi connectivity index (χ1n) is 7.54. The van der Waals surface area contributed by atoms with Crippen LogP contribution in [0.1, 0.15) is 25.6 Å². The number of rotatable bonds is 4. The van der Waals surface area contributed by atoms with Crippen LogP contribution in [-0.2, 0) is 16.6 Å². The van der Waals surface area contributed by atoms with Crippen molar-refractivity contribution >= 4 is 26.0 Å². The highest BCUT2D eigenvalue weighted by atomic mass is 79.9. The fourth-order valence-corrected chi connectivity index (χ4v) is 5.24. The van der Waals surface area contributed by atoms with Crippen molar-refractivity contribution in [1.82, 2.24) is 8.87 Å². The van der Waals surface area contributed by atoms with E-state index in [-0.39, 0.29) is 10.9 Å². The predicted molar refractivity (Wildman–Crippen MR) is 92.0 cm³/mol. The molecule has 1 aromatic carbocycles. The van der Waals surface area contributed by atoms with Crippen LogP contribution < -0.4 is 4.74 Å². The maximum atomic E-state index is 13.2. The van der Waals surface area contributed by atoms with Gasteiger partial charge in [0.15, 0.2) is 0 Å². The molecule has 1 atom stereocenters. The van der Waals surface area contributed by atoms with Crippen LogP contribution in [0, 0.1) is 0 Å². The number of ether oxygens (including phenoxy) is 1. The standard InChI is InChI=1S/C16H19BrN2O3S/c1-3-22-15-7-6-13(17)11-16(15)23(20,21)19-10-9-18-8-4-5-14(18)12(19)2/h4-8,11-12H,3,9-10H2,1-2H3. The Bertz CT molecular complexity index is 816. The molecule has 7 heteroatoms. The molecule has 0 N–H and O–H groups in total. The van der Waals surface area contributed by atoms with Crippen molar-refractivity contribution in [2.75, 3.05) is 13.2 Å². The lowest BCUT2D eigenvalue weighted by molar-refractivity contribution is 0.279. The predicted octanol–water partition coefficient (Wildman–Crippen LogP) is 3.41. The van der Waals surface area contributed by atoms with Crippen molar-refractivity contribution in [2.45, 2.75) is 31.3 Å². The Morgan fingerprint density at radius 1 is 1.30 bits per heavy atom. The molecule has 5 nitrogen and oxygen atoms in total. The topological polar surface area (TPSA) is 51.5 Å². The summed E-state index contributed by atoms with van der Waals surface area (Å²) in [5.41, 5.74) is 1.01. The molecule has 0 spiro atoms. The number of benzene rings is 1. The molecule has 0 fully saturated rings. The minimum atomic E-state index is -3.64. The van der Waals surface area contributed by atoms with E-state index in [1.54, 1.807) is 22.5 Å². The summed E-state index contributed by atoms with van der Waals surface area (Å²) >= 11 is 3.36. The van der Waals surface area contributed by atoms with Crippen LogP contribution in [0.15, 0.2) is 45.9 Å². The molecule has 0 radical (unpaired) electrons. The average Bonchev–Trinajstić information content (AvgIpc) is 2.99. The molecule has 2 aromatic rings. The quantitative estimate of drug-likeness (QED) is 0.792. The number of halogens is 1. The van der Waals surface area contributed by atoms with Crippen molar-refractivity contribution < 1.29 is 13.2 Å². The van der Waals surface area contributed by atoms with E-state index in [2.05, 4.69) is 20.5 Å². The van der Waals surface area contributed by atoms with E-state index in [0.29, 0.717) is 29.9 Å². The lowest BCUT2D eigenvalue weighted by Crippen LogP contribution is -2.40. The first-order valence-corrected chi connectivity index (χ1v) is 9.77. The highest BCUT2D eigenvalue weighted by molar-refractivity contribution is 9.10. The summed E-state index contributed by atoms with van der Waals surface area (Å²) in [5.74, 6) is 0.392. The zero-order valence-electron chi connectivity index (χ0n) is 13.1. The summed E-state index contributed by atoms with van der Waals surface area (Å²) in [4.78, 5) is 0.209. The van der Waals surface area contributed by atoms with Gasteiger partial charge in [0.2, 0.25) is 10.0 Å². The Balaban J connectivity index is 2.04. The molecule has 1 aliphatic heterocycles. The molecule has 1 unspecified atom stereocenters. The fraction of sp³-hybridized carbons (Fsp3) is 0.375. The third kappa shape index (κ3) is 2.93. The molecular weight excluding hydrogens is 380 g/mol. The minimum Gasteiger partial charge on any atom is -0.492 e. The van der Waals surface area contributed by atoms with Gasteiger partial charge < -0.3 is 9.30 Å². The van der Waals surface area contributed by atoms with Crippen LogP contribution in [0.4, 0.5) is 0 Å². The van der Waals surface area contributed by atoms with Gasteiger partial charge in [-0.25, -0.2) is 8.42 Å². The number of hydrogen-bond acceptors (Lipinski definition) is 3. The average molecular weight is 399 g/mol. The van der Waals surface area contributed by atoms with Gasteiger partial charge in [0.25, 0.3) is 0 Å². The van der Waals surface area contributed by atoms with Crippen molar-refractivity contribution in [2.24, 2.45) is 0 Å². The third-order valence-electron chi connectivity index (χ3n) is 4.08. The highest BCUT2D eigenvalue weighted by Gasteiger charge is 2.35. The van der Waals surface area contributed by atoms with E-state index in [9.17, 15) is 8.42 Å². The lowest BCUT2D eigenvalue weighted by Gasteiger charge is -2.34. The smallest absolute Gasteiger partial charge is 0.247 e. The summed E-state index contributed by atoms with van der Waals surface area (Å²) in [6, 6.07) is 8.80. The SMILES string of the molecule is CCOc1ccc(Br)cc1S(=O)(=O)N1CCn2cccc2C1C. The van der Waals surface area contributed by atoms with Gasteiger partial charge in [-0.05, 0) is 44.2 Å². The molecular formula is C16H19BrN2O3S. The molecule has 0 bridgehead atoms. The van der Waals surface area contributed by atoms with Crippen LogP contribution in [0.3, 0.4) is 0 Å². The van der Waals surface area contributed by atoms with E-state index in [0.717, 1.165) is 5.69 Å². The number of fused-ring (bicyclic) bond motifs is 1. The highest BCUT2D eigenvalue weighted by Crippen LogP contribution is 2.35. The maximum absolute atomic E-state index is 13.2. The number of hydrogen-bond donors (Lipinski definition) is 0. The molecule has 0 saturated heterocycles. The Morgan fingerprint density at radius 3 is 2.83 bits per heavy atom. The first-order chi connectivity index (χ1) is 10.9. The van der Waals surface area contributed by atoms with Crippen molar-refractivity contribution in [1.29, 1.82) is 0 Å². The number of nitrogens with zero attached hydrogens (tertiary/aromatic N) is 2. The van der Waals surface area contributed by atoms with Crippen LogP contribution in [-0.4, -0.2) is 30.4 Å². The molecule has 1 aliphatic rings. The molecule has 2 heterocycles. The zero-order chi connectivity index (χ0) is 16.6. The van der Waals surface area contributed by atoms with Crippen LogP contribution in [0.5, 0.6) is 5.75 Å². The molecule has 1 aromatic heterocycles. The van der Waals surface area contributed by atoms with Gasteiger partial charge in [-0.3, -0.25) is 0 Å². The van der Waals surface area contributed by atoms with Gasteiger partial charge >= 0.3 is 0 Å². The Kier molecular flexibility index (Phi) is 4.53. The second-order valence-corrected chi connectivity index (χ2v) is 8.22. The van der Waals surface area contributed by atoms with Crippen molar-refractivity contribution in [3.05, 3.63) is 46.7 Å². The van der Waals surface area contributed by atoms with Crippen LogP contribution in [0.2, 0.25) is 0 Å². The van der Waals surface area contributed by atoms with Gasteiger partial charge in [-0.15, -0.1) is 0 Å². The normalized spacial score (nSPS) is 18.7. The Hall–Kier alpha value is -1.31. The maximum Gasteiger partial charge on any atom is 0.247 e. The Morgan fingerprint density at radius 2 is 2.09 bits per heavy atom. The first kappa shape index (κ1) is 16.5. The lowest BCUT2D eigenvalue weighted by atomic mass is 10.2. The van der Waals surface area contributed by atoms with E-state index >= 15 is 0 Å². The van der Waals surface area contributed by atoms with Crippen molar-refractivity contribution in [3.63, 3.8) is 0 Å².